The number of amides is 1. The summed E-state index contributed by atoms with van der Waals surface area (Å²) in [5, 5.41) is 3.91. The number of morpholine rings is 1. The van der Waals surface area contributed by atoms with Crippen molar-refractivity contribution >= 4 is 38.1 Å². The average molecular weight is 452 g/mol. The highest BCUT2D eigenvalue weighted by molar-refractivity contribution is 9.10. The molecule has 0 aliphatic carbocycles. The number of hydrazone groups is 1. The molecule has 0 radical (unpaired) electrons. The Balaban J connectivity index is 1.70. The fourth-order valence-corrected chi connectivity index (χ4v) is 4.23. The van der Waals surface area contributed by atoms with E-state index in [-0.39, 0.29) is 10.5 Å². The molecule has 0 aromatic heterocycles. The predicted molar refractivity (Wildman–Crippen MR) is 105 cm³/mol. The molecule has 1 aliphatic heterocycles. The number of sulfonamides is 1. The topological polar surface area (TPSA) is 88.1 Å². The third kappa shape index (κ3) is 5.01. The minimum absolute atomic E-state index is 0.0777. The lowest BCUT2D eigenvalue weighted by Gasteiger charge is -2.26. The third-order valence-corrected chi connectivity index (χ3v) is 6.38. The molecule has 1 amide bonds. The van der Waals surface area contributed by atoms with E-state index in [0.717, 1.165) is 10.0 Å². The second-order valence-corrected chi connectivity index (χ2v) is 8.65. The summed E-state index contributed by atoms with van der Waals surface area (Å²) in [4.78, 5) is 12.4. The van der Waals surface area contributed by atoms with Crippen molar-refractivity contribution in [2.24, 2.45) is 5.10 Å². The molecule has 3 rings (SSSR count). The van der Waals surface area contributed by atoms with Crippen LogP contribution in [-0.4, -0.2) is 51.1 Å². The van der Waals surface area contributed by atoms with E-state index in [0.29, 0.717) is 26.3 Å². The molecule has 1 N–H and O–H groups in total. The number of ether oxygens (including phenoxy) is 1. The highest BCUT2D eigenvalue weighted by Gasteiger charge is 2.26. The van der Waals surface area contributed by atoms with Gasteiger partial charge in [0.05, 0.1) is 24.3 Å². The van der Waals surface area contributed by atoms with Crippen LogP contribution in [0.1, 0.15) is 15.9 Å². The van der Waals surface area contributed by atoms with Gasteiger partial charge in [0.2, 0.25) is 10.0 Å². The van der Waals surface area contributed by atoms with Gasteiger partial charge in [-0.3, -0.25) is 4.79 Å². The first-order chi connectivity index (χ1) is 13.0. The zero-order valence-electron chi connectivity index (χ0n) is 14.3. The fourth-order valence-electron chi connectivity index (χ4n) is 2.51. The van der Waals surface area contributed by atoms with Crippen LogP contribution < -0.4 is 5.43 Å². The lowest BCUT2D eigenvalue weighted by molar-refractivity contribution is 0.0730. The highest BCUT2D eigenvalue weighted by atomic mass is 79.9. The normalized spacial score (nSPS) is 15.7. The van der Waals surface area contributed by atoms with Crippen molar-refractivity contribution in [2.75, 3.05) is 26.3 Å². The molecule has 0 atom stereocenters. The van der Waals surface area contributed by atoms with E-state index in [1.165, 1.54) is 22.7 Å². The van der Waals surface area contributed by atoms with E-state index < -0.39 is 15.9 Å². The highest BCUT2D eigenvalue weighted by Crippen LogP contribution is 2.18. The summed E-state index contributed by atoms with van der Waals surface area (Å²) in [5.41, 5.74) is 3.45. The van der Waals surface area contributed by atoms with E-state index >= 15 is 0 Å². The quantitative estimate of drug-likeness (QED) is 0.557. The zero-order valence-corrected chi connectivity index (χ0v) is 16.7. The van der Waals surface area contributed by atoms with Crippen molar-refractivity contribution in [1.82, 2.24) is 9.73 Å². The number of halogens is 1. The summed E-state index contributed by atoms with van der Waals surface area (Å²) in [7, 11) is -3.66. The van der Waals surface area contributed by atoms with Crippen molar-refractivity contribution in [3.05, 3.63) is 64.1 Å². The van der Waals surface area contributed by atoms with Crippen molar-refractivity contribution in [2.45, 2.75) is 4.90 Å². The Morgan fingerprint density at radius 2 is 1.85 bits per heavy atom. The van der Waals surface area contributed by atoms with Crippen LogP contribution in [0.3, 0.4) is 0 Å². The number of carbonyl (C=O) groups excluding carboxylic acids is 1. The van der Waals surface area contributed by atoms with E-state index in [1.54, 1.807) is 12.1 Å². The monoisotopic (exact) mass is 451 g/mol. The number of hydrogen-bond donors (Lipinski definition) is 1. The van der Waals surface area contributed by atoms with Gasteiger partial charge < -0.3 is 4.74 Å². The Labute approximate surface area is 166 Å². The van der Waals surface area contributed by atoms with E-state index in [1.807, 2.05) is 24.3 Å². The summed E-state index contributed by atoms with van der Waals surface area (Å²) >= 11 is 3.35. The molecule has 142 valence electrons. The van der Waals surface area contributed by atoms with E-state index in [9.17, 15) is 13.2 Å². The fraction of sp³-hybridized carbons (Fsp3) is 0.222. The van der Waals surface area contributed by atoms with Gasteiger partial charge in [-0.05, 0) is 35.9 Å². The van der Waals surface area contributed by atoms with Gasteiger partial charge in [-0.15, -0.1) is 0 Å². The van der Waals surface area contributed by atoms with Crippen LogP contribution in [0.15, 0.2) is 63.0 Å². The SMILES string of the molecule is O=C(N/N=C\c1ccc(Br)cc1)c1cccc(S(=O)(=O)N2CCOCC2)c1. The van der Waals surface area contributed by atoms with Gasteiger partial charge in [0.1, 0.15) is 0 Å². The van der Waals surface area contributed by atoms with Gasteiger partial charge in [0.25, 0.3) is 5.91 Å². The lowest BCUT2D eigenvalue weighted by atomic mass is 10.2. The maximum Gasteiger partial charge on any atom is 0.271 e. The largest absolute Gasteiger partial charge is 0.379 e. The Hall–Kier alpha value is -2.07. The van der Waals surface area contributed by atoms with Crippen molar-refractivity contribution in [3.63, 3.8) is 0 Å². The first-order valence-electron chi connectivity index (χ1n) is 8.24. The molecule has 9 heteroatoms. The lowest BCUT2D eigenvalue weighted by Crippen LogP contribution is -2.40. The molecule has 1 heterocycles. The van der Waals surface area contributed by atoms with Gasteiger partial charge in [0, 0.05) is 23.1 Å². The molecule has 0 bridgehead atoms. The van der Waals surface area contributed by atoms with Crippen LogP contribution in [0.4, 0.5) is 0 Å². The van der Waals surface area contributed by atoms with Crippen molar-refractivity contribution in [3.8, 4) is 0 Å². The van der Waals surface area contributed by atoms with Crippen molar-refractivity contribution in [1.29, 1.82) is 0 Å². The smallest absolute Gasteiger partial charge is 0.271 e. The first kappa shape index (κ1) is 19.7. The summed E-state index contributed by atoms with van der Waals surface area (Å²) in [5.74, 6) is -0.484. The Morgan fingerprint density at radius 3 is 2.56 bits per heavy atom. The van der Waals surface area contributed by atoms with E-state index in [2.05, 4.69) is 26.5 Å². The number of rotatable bonds is 5. The molecule has 0 unspecified atom stereocenters. The maximum atomic E-state index is 12.7. The molecular formula is C18H18BrN3O4S. The van der Waals surface area contributed by atoms with Crippen LogP contribution in [0.2, 0.25) is 0 Å². The summed E-state index contributed by atoms with van der Waals surface area (Å²) < 4.78 is 32.9. The summed E-state index contributed by atoms with van der Waals surface area (Å²) in [6, 6.07) is 13.3. The molecule has 2 aromatic rings. The second-order valence-electron chi connectivity index (χ2n) is 5.79. The summed E-state index contributed by atoms with van der Waals surface area (Å²) in [6.07, 6.45) is 1.51. The molecule has 2 aromatic carbocycles. The van der Waals surface area contributed by atoms with Gasteiger partial charge in [-0.1, -0.05) is 34.1 Å². The molecule has 1 aliphatic rings. The summed E-state index contributed by atoms with van der Waals surface area (Å²) in [6.45, 7) is 1.33. The molecule has 0 spiro atoms. The first-order valence-corrected chi connectivity index (χ1v) is 10.5. The van der Waals surface area contributed by atoms with E-state index in [4.69, 9.17) is 4.74 Å². The van der Waals surface area contributed by atoms with Crippen LogP contribution in [0, 0.1) is 0 Å². The molecule has 1 saturated heterocycles. The molecular weight excluding hydrogens is 434 g/mol. The maximum absolute atomic E-state index is 12.7. The average Bonchev–Trinajstić information content (AvgIpc) is 2.70. The standard InChI is InChI=1S/C18H18BrN3O4S/c19-16-6-4-14(5-7-16)13-20-21-18(23)15-2-1-3-17(12-15)27(24,25)22-8-10-26-11-9-22/h1-7,12-13H,8-11H2,(H,21,23)/b20-13-. The van der Waals surface area contributed by atoms with Gasteiger partial charge >= 0.3 is 0 Å². The van der Waals surface area contributed by atoms with Gasteiger partial charge in [-0.25, -0.2) is 13.8 Å². The number of hydrogen-bond acceptors (Lipinski definition) is 5. The number of nitrogens with one attached hydrogen (secondary N) is 1. The molecule has 1 fully saturated rings. The number of nitrogens with zero attached hydrogens (tertiary/aromatic N) is 2. The number of carbonyl (C=O) groups is 1. The Kier molecular flexibility index (Phi) is 6.38. The minimum Gasteiger partial charge on any atom is -0.379 e. The van der Waals surface area contributed by atoms with Crippen molar-refractivity contribution < 1.29 is 17.9 Å². The second kappa shape index (κ2) is 8.75. The molecule has 27 heavy (non-hydrogen) atoms. The zero-order chi connectivity index (χ0) is 19.3. The minimum atomic E-state index is -3.66. The van der Waals surface area contributed by atoms with Crippen LogP contribution in [0.5, 0.6) is 0 Å². The predicted octanol–water partition coefficient (Wildman–Crippen LogP) is 2.23. The number of benzene rings is 2. The third-order valence-electron chi connectivity index (χ3n) is 3.95. The Morgan fingerprint density at radius 1 is 1.15 bits per heavy atom. The Bertz CT molecular complexity index is 939. The van der Waals surface area contributed by atoms with Gasteiger partial charge in [-0.2, -0.15) is 9.41 Å². The molecule has 0 saturated carbocycles. The van der Waals surface area contributed by atoms with Crippen LogP contribution >= 0.6 is 15.9 Å². The van der Waals surface area contributed by atoms with Gasteiger partial charge in [0.15, 0.2) is 0 Å². The molecule has 7 nitrogen and oxygen atoms in total. The van der Waals surface area contributed by atoms with Crippen LogP contribution in [0.25, 0.3) is 0 Å². The van der Waals surface area contributed by atoms with Crippen LogP contribution in [-0.2, 0) is 14.8 Å².